The molecule has 2 N–H and O–H groups in total. The van der Waals surface area contributed by atoms with Crippen molar-refractivity contribution < 1.29 is 9.90 Å². The van der Waals surface area contributed by atoms with Crippen LogP contribution in [0.3, 0.4) is 0 Å². The van der Waals surface area contributed by atoms with Crippen molar-refractivity contribution in [3.8, 4) is 0 Å². The topological polar surface area (TPSA) is 49.3 Å². The maximum atomic E-state index is 11.4. The van der Waals surface area contributed by atoms with Crippen LogP contribution in [-0.2, 0) is 11.4 Å². The third-order valence-electron chi connectivity index (χ3n) is 2.19. The Morgan fingerprint density at radius 3 is 3.07 bits per heavy atom. The number of amides is 1. The molecule has 0 aromatic heterocycles. The molecule has 1 aromatic carbocycles. The van der Waals surface area contributed by atoms with Gasteiger partial charge in [-0.15, -0.1) is 11.8 Å². The molecule has 0 radical (unpaired) electrons. The fraction of sp³-hybridized carbons (Fsp3) is 0.300. The van der Waals surface area contributed by atoms with Crippen LogP contribution in [0.2, 0.25) is 0 Å². The lowest BCUT2D eigenvalue weighted by molar-refractivity contribution is -0.115. The van der Waals surface area contributed by atoms with E-state index in [0.29, 0.717) is 0 Å². The van der Waals surface area contributed by atoms with Crippen molar-refractivity contribution in [2.24, 2.45) is 0 Å². The highest BCUT2D eigenvalue weighted by Gasteiger charge is 2.24. The van der Waals surface area contributed by atoms with Crippen LogP contribution in [0.15, 0.2) is 23.1 Å². The molecule has 3 nitrogen and oxygen atoms in total. The van der Waals surface area contributed by atoms with Crippen LogP contribution in [0.25, 0.3) is 0 Å². The number of anilines is 1. The normalized spacial score (nSPS) is 20.1. The fourth-order valence-electron chi connectivity index (χ4n) is 1.41. The van der Waals surface area contributed by atoms with Gasteiger partial charge in [0.1, 0.15) is 0 Å². The highest BCUT2D eigenvalue weighted by atomic mass is 32.2. The fourth-order valence-corrected chi connectivity index (χ4v) is 2.46. The zero-order valence-corrected chi connectivity index (χ0v) is 8.60. The van der Waals surface area contributed by atoms with Crippen molar-refractivity contribution in [2.45, 2.75) is 23.7 Å². The van der Waals surface area contributed by atoms with Crippen LogP contribution in [0.5, 0.6) is 0 Å². The molecular formula is C10H11NO2S. The number of aliphatic hydroxyl groups is 1. The monoisotopic (exact) mass is 209 g/mol. The van der Waals surface area contributed by atoms with Crippen LogP contribution < -0.4 is 5.32 Å². The van der Waals surface area contributed by atoms with E-state index in [2.05, 4.69) is 5.32 Å². The van der Waals surface area contributed by atoms with E-state index in [1.807, 2.05) is 25.1 Å². The number of carbonyl (C=O) groups excluding carboxylic acids is 1. The second kappa shape index (κ2) is 3.63. The van der Waals surface area contributed by atoms with Gasteiger partial charge in [-0.1, -0.05) is 12.1 Å². The average Bonchev–Trinajstić information content (AvgIpc) is 2.19. The number of nitrogens with one attached hydrogen (secondary N) is 1. The van der Waals surface area contributed by atoms with Crippen molar-refractivity contribution in [3.63, 3.8) is 0 Å². The van der Waals surface area contributed by atoms with E-state index in [4.69, 9.17) is 5.11 Å². The number of benzene rings is 1. The molecule has 1 aliphatic heterocycles. The Hall–Kier alpha value is -1.00. The minimum Gasteiger partial charge on any atom is -0.392 e. The van der Waals surface area contributed by atoms with E-state index < -0.39 is 0 Å². The standard InChI is InChI=1S/C10H11NO2S/c1-6-10(13)11-8-4-2-3-7(5-12)9(8)14-6/h2-4,6,12H,5H2,1H3,(H,11,13). The van der Waals surface area contributed by atoms with Crippen LogP contribution in [0, 0.1) is 0 Å². The molecule has 2 rings (SSSR count). The van der Waals surface area contributed by atoms with Gasteiger partial charge in [-0.3, -0.25) is 4.79 Å². The second-order valence-corrected chi connectivity index (χ2v) is 4.55. The number of fused-ring (bicyclic) bond motifs is 1. The molecule has 1 atom stereocenters. The van der Waals surface area contributed by atoms with Crippen LogP contribution >= 0.6 is 11.8 Å². The third kappa shape index (κ3) is 1.51. The Balaban J connectivity index is 2.46. The summed E-state index contributed by atoms with van der Waals surface area (Å²) in [5, 5.41) is 11.8. The molecule has 0 aliphatic carbocycles. The van der Waals surface area contributed by atoms with E-state index in [1.54, 1.807) is 0 Å². The van der Waals surface area contributed by atoms with Gasteiger partial charge in [0.05, 0.1) is 17.5 Å². The van der Waals surface area contributed by atoms with Crippen LogP contribution in [0.1, 0.15) is 12.5 Å². The molecule has 1 aromatic rings. The van der Waals surface area contributed by atoms with E-state index >= 15 is 0 Å². The summed E-state index contributed by atoms with van der Waals surface area (Å²) in [6, 6.07) is 5.56. The predicted molar refractivity (Wildman–Crippen MR) is 56.3 cm³/mol. The van der Waals surface area contributed by atoms with Crippen molar-refractivity contribution in [2.75, 3.05) is 5.32 Å². The molecule has 1 amide bonds. The number of hydrogen-bond acceptors (Lipinski definition) is 3. The Bertz CT molecular complexity index is 378. The number of thioether (sulfide) groups is 1. The zero-order valence-electron chi connectivity index (χ0n) is 7.78. The van der Waals surface area contributed by atoms with Crippen LogP contribution in [-0.4, -0.2) is 16.3 Å². The lowest BCUT2D eigenvalue weighted by Gasteiger charge is -2.23. The molecule has 1 aliphatic rings. The molecule has 0 bridgehead atoms. The molecule has 0 fully saturated rings. The van der Waals surface area contributed by atoms with Gasteiger partial charge in [0.25, 0.3) is 0 Å². The van der Waals surface area contributed by atoms with Crippen molar-refractivity contribution in [3.05, 3.63) is 23.8 Å². The third-order valence-corrected chi connectivity index (χ3v) is 3.47. The summed E-state index contributed by atoms with van der Waals surface area (Å²) in [6.07, 6.45) is 0. The molecule has 1 unspecified atom stereocenters. The molecule has 74 valence electrons. The number of aliphatic hydroxyl groups excluding tert-OH is 1. The summed E-state index contributed by atoms with van der Waals surface area (Å²) >= 11 is 1.50. The summed E-state index contributed by atoms with van der Waals surface area (Å²) in [4.78, 5) is 12.4. The highest BCUT2D eigenvalue weighted by molar-refractivity contribution is 8.01. The lowest BCUT2D eigenvalue weighted by atomic mass is 10.2. The van der Waals surface area contributed by atoms with Gasteiger partial charge in [0.2, 0.25) is 5.91 Å². The molecule has 4 heteroatoms. The molecule has 0 saturated heterocycles. The Morgan fingerprint density at radius 2 is 2.36 bits per heavy atom. The maximum absolute atomic E-state index is 11.4. The van der Waals surface area contributed by atoms with E-state index in [-0.39, 0.29) is 17.8 Å². The average molecular weight is 209 g/mol. The number of hydrogen-bond donors (Lipinski definition) is 2. The minimum absolute atomic E-state index is 0.0127. The summed E-state index contributed by atoms with van der Waals surface area (Å²) in [7, 11) is 0. The Morgan fingerprint density at radius 1 is 1.57 bits per heavy atom. The first-order valence-electron chi connectivity index (χ1n) is 4.42. The second-order valence-electron chi connectivity index (χ2n) is 3.20. The van der Waals surface area contributed by atoms with Gasteiger partial charge in [0.15, 0.2) is 0 Å². The van der Waals surface area contributed by atoms with Crippen molar-refractivity contribution in [1.82, 2.24) is 0 Å². The SMILES string of the molecule is CC1Sc2c(CO)cccc2NC1=O. The predicted octanol–water partition coefficient (Wildman–Crippen LogP) is 1.61. The van der Waals surface area contributed by atoms with Crippen LogP contribution in [0.4, 0.5) is 5.69 Å². The van der Waals surface area contributed by atoms with Gasteiger partial charge in [-0.2, -0.15) is 0 Å². The molecule has 14 heavy (non-hydrogen) atoms. The number of carbonyl (C=O) groups is 1. The molecule has 1 heterocycles. The highest BCUT2D eigenvalue weighted by Crippen LogP contribution is 2.37. The van der Waals surface area contributed by atoms with Crippen molar-refractivity contribution in [1.29, 1.82) is 0 Å². The van der Waals surface area contributed by atoms with E-state index in [9.17, 15) is 4.79 Å². The summed E-state index contributed by atoms with van der Waals surface area (Å²) in [5.74, 6) is 0.0255. The first-order valence-corrected chi connectivity index (χ1v) is 5.30. The molecular weight excluding hydrogens is 198 g/mol. The van der Waals surface area contributed by atoms with E-state index in [0.717, 1.165) is 16.1 Å². The molecule has 0 saturated carbocycles. The largest absolute Gasteiger partial charge is 0.392 e. The maximum Gasteiger partial charge on any atom is 0.237 e. The summed E-state index contributed by atoms with van der Waals surface area (Å²) in [6.45, 7) is 1.87. The lowest BCUT2D eigenvalue weighted by Crippen LogP contribution is -2.26. The molecule has 0 spiro atoms. The Labute approximate surface area is 86.5 Å². The number of rotatable bonds is 1. The van der Waals surface area contributed by atoms with Gasteiger partial charge in [-0.25, -0.2) is 0 Å². The van der Waals surface area contributed by atoms with Gasteiger partial charge < -0.3 is 10.4 Å². The quantitative estimate of drug-likeness (QED) is 0.738. The summed E-state index contributed by atoms with van der Waals surface area (Å²) < 4.78 is 0. The minimum atomic E-state index is -0.0878. The van der Waals surface area contributed by atoms with Gasteiger partial charge in [0, 0.05) is 4.90 Å². The Kier molecular flexibility index (Phi) is 2.48. The first kappa shape index (κ1) is 9.55. The zero-order chi connectivity index (χ0) is 10.1. The van der Waals surface area contributed by atoms with Crippen molar-refractivity contribution >= 4 is 23.4 Å². The first-order chi connectivity index (χ1) is 6.72. The summed E-state index contributed by atoms with van der Waals surface area (Å²) in [5.41, 5.74) is 1.68. The van der Waals surface area contributed by atoms with Gasteiger partial charge in [-0.05, 0) is 18.6 Å². The smallest absolute Gasteiger partial charge is 0.237 e. The van der Waals surface area contributed by atoms with E-state index in [1.165, 1.54) is 11.8 Å². The van der Waals surface area contributed by atoms with Gasteiger partial charge >= 0.3 is 0 Å².